The Labute approximate surface area is 107 Å². The lowest BCUT2D eigenvalue weighted by Gasteiger charge is -2.32. The second-order valence-corrected chi connectivity index (χ2v) is 5.81. The summed E-state index contributed by atoms with van der Waals surface area (Å²) in [4.78, 5) is 2.30. The predicted molar refractivity (Wildman–Crippen MR) is 69.0 cm³/mol. The lowest BCUT2D eigenvalue weighted by atomic mass is 9.82. The van der Waals surface area contributed by atoms with Gasteiger partial charge in [0.15, 0.2) is 0 Å². The molecule has 2 aliphatic heterocycles. The van der Waals surface area contributed by atoms with Crippen LogP contribution in [0.1, 0.15) is 36.0 Å². The molecule has 18 heavy (non-hydrogen) atoms. The van der Waals surface area contributed by atoms with E-state index < -0.39 is 5.60 Å². The van der Waals surface area contributed by atoms with Gasteiger partial charge in [-0.2, -0.15) is 0 Å². The van der Waals surface area contributed by atoms with E-state index in [0.717, 1.165) is 37.1 Å². The summed E-state index contributed by atoms with van der Waals surface area (Å²) in [5, 5.41) is 11.0. The highest BCUT2D eigenvalue weighted by Gasteiger charge is 2.50. The van der Waals surface area contributed by atoms with Gasteiger partial charge in [-0.25, -0.2) is 4.39 Å². The van der Waals surface area contributed by atoms with Crippen LogP contribution in [0.4, 0.5) is 4.39 Å². The van der Waals surface area contributed by atoms with Crippen molar-refractivity contribution in [3.05, 3.63) is 34.6 Å². The molecule has 3 rings (SSSR count). The van der Waals surface area contributed by atoms with E-state index in [1.54, 1.807) is 0 Å². The number of rotatable bonds is 1. The quantitative estimate of drug-likeness (QED) is 0.826. The van der Waals surface area contributed by atoms with Crippen molar-refractivity contribution < 1.29 is 9.50 Å². The van der Waals surface area contributed by atoms with Crippen molar-refractivity contribution in [2.45, 2.75) is 44.8 Å². The zero-order chi connectivity index (χ0) is 12.9. The number of benzene rings is 1. The smallest absolute Gasteiger partial charge is 0.129 e. The lowest BCUT2D eigenvalue weighted by molar-refractivity contribution is 0.00562. The van der Waals surface area contributed by atoms with Gasteiger partial charge in [-0.05, 0) is 56.8 Å². The van der Waals surface area contributed by atoms with E-state index in [-0.39, 0.29) is 11.9 Å². The number of aliphatic hydroxyl groups is 1. The SMILES string of the molecule is Cc1cc(C)c(C2(O)CCN3CCCC32)c(F)c1. The van der Waals surface area contributed by atoms with E-state index in [9.17, 15) is 9.50 Å². The highest BCUT2D eigenvalue weighted by molar-refractivity contribution is 5.38. The van der Waals surface area contributed by atoms with Gasteiger partial charge in [-0.15, -0.1) is 0 Å². The van der Waals surface area contributed by atoms with Crippen LogP contribution in [-0.4, -0.2) is 29.1 Å². The van der Waals surface area contributed by atoms with Crippen molar-refractivity contribution in [2.75, 3.05) is 13.1 Å². The van der Waals surface area contributed by atoms with Crippen LogP contribution < -0.4 is 0 Å². The molecule has 0 aromatic heterocycles. The van der Waals surface area contributed by atoms with Crippen LogP contribution >= 0.6 is 0 Å². The lowest BCUT2D eigenvalue weighted by Crippen LogP contribution is -2.40. The van der Waals surface area contributed by atoms with Crippen molar-refractivity contribution in [3.8, 4) is 0 Å². The van der Waals surface area contributed by atoms with Gasteiger partial charge in [0, 0.05) is 18.2 Å². The van der Waals surface area contributed by atoms with Crippen LogP contribution in [0.25, 0.3) is 0 Å². The van der Waals surface area contributed by atoms with Gasteiger partial charge < -0.3 is 5.11 Å². The Morgan fingerprint density at radius 3 is 2.83 bits per heavy atom. The Hall–Kier alpha value is -0.930. The topological polar surface area (TPSA) is 23.5 Å². The summed E-state index contributed by atoms with van der Waals surface area (Å²) in [6, 6.07) is 3.61. The van der Waals surface area contributed by atoms with E-state index in [0.29, 0.717) is 12.0 Å². The average Bonchev–Trinajstić information content (AvgIpc) is 2.82. The molecule has 2 atom stereocenters. The minimum atomic E-state index is -0.988. The monoisotopic (exact) mass is 249 g/mol. The normalized spacial score (nSPS) is 31.9. The van der Waals surface area contributed by atoms with Gasteiger partial charge in [0.05, 0.1) is 0 Å². The van der Waals surface area contributed by atoms with Crippen LogP contribution in [0, 0.1) is 19.7 Å². The molecule has 2 heterocycles. The summed E-state index contributed by atoms with van der Waals surface area (Å²) in [6.45, 7) is 5.72. The van der Waals surface area contributed by atoms with E-state index in [1.165, 1.54) is 6.07 Å². The van der Waals surface area contributed by atoms with Gasteiger partial charge in [0.25, 0.3) is 0 Å². The minimum absolute atomic E-state index is 0.105. The molecule has 0 radical (unpaired) electrons. The maximum absolute atomic E-state index is 14.3. The summed E-state index contributed by atoms with van der Waals surface area (Å²) < 4.78 is 14.3. The van der Waals surface area contributed by atoms with Crippen molar-refractivity contribution >= 4 is 0 Å². The maximum atomic E-state index is 14.3. The third kappa shape index (κ3) is 1.61. The van der Waals surface area contributed by atoms with Crippen LogP contribution in [0.2, 0.25) is 0 Å². The molecule has 2 saturated heterocycles. The van der Waals surface area contributed by atoms with Crippen molar-refractivity contribution in [3.63, 3.8) is 0 Å². The summed E-state index contributed by atoms with van der Waals surface area (Å²) in [6.07, 6.45) is 2.74. The largest absolute Gasteiger partial charge is 0.383 e. The van der Waals surface area contributed by atoms with E-state index in [2.05, 4.69) is 4.90 Å². The Morgan fingerprint density at radius 2 is 2.11 bits per heavy atom. The maximum Gasteiger partial charge on any atom is 0.129 e. The van der Waals surface area contributed by atoms with Gasteiger partial charge in [-0.3, -0.25) is 4.90 Å². The predicted octanol–water partition coefficient (Wildman–Crippen LogP) is 2.50. The molecule has 0 bridgehead atoms. The first kappa shape index (κ1) is 12.1. The summed E-state index contributed by atoms with van der Waals surface area (Å²) in [5.41, 5.74) is 1.34. The third-order valence-corrected chi connectivity index (χ3v) is 4.56. The molecule has 2 unspecified atom stereocenters. The molecular weight excluding hydrogens is 229 g/mol. The molecule has 1 aromatic rings. The van der Waals surface area contributed by atoms with Crippen LogP contribution in [0.15, 0.2) is 12.1 Å². The number of hydrogen-bond donors (Lipinski definition) is 1. The van der Waals surface area contributed by atoms with Crippen molar-refractivity contribution in [1.82, 2.24) is 4.90 Å². The average molecular weight is 249 g/mol. The molecule has 0 amide bonds. The van der Waals surface area contributed by atoms with Gasteiger partial charge in [0.2, 0.25) is 0 Å². The number of aryl methyl sites for hydroxylation is 2. The molecule has 1 N–H and O–H groups in total. The van der Waals surface area contributed by atoms with E-state index in [1.807, 2.05) is 19.9 Å². The van der Waals surface area contributed by atoms with Gasteiger partial charge >= 0.3 is 0 Å². The zero-order valence-electron chi connectivity index (χ0n) is 11.0. The highest BCUT2D eigenvalue weighted by atomic mass is 19.1. The van der Waals surface area contributed by atoms with E-state index >= 15 is 0 Å². The first-order valence-corrected chi connectivity index (χ1v) is 6.76. The fourth-order valence-electron chi connectivity index (χ4n) is 3.87. The van der Waals surface area contributed by atoms with Crippen LogP contribution in [-0.2, 0) is 5.60 Å². The molecule has 1 aromatic carbocycles. The van der Waals surface area contributed by atoms with Crippen molar-refractivity contribution in [2.24, 2.45) is 0 Å². The fourth-order valence-corrected chi connectivity index (χ4v) is 3.87. The Kier molecular flexibility index (Phi) is 2.72. The summed E-state index contributed by atoms with van der Waals surface area (Å²) >= 11 is 0. The number of hydrogen-bond acceptors (Lipinski definition) is 2. The standard InChI is InChI=1S/C15H20FNO/c1-10-8-11(2)14(12(16)9-10)15(18)5-7-17-6-3-4-13(15)17/h8-9,13,18H,3-7H2,1-2H3. The third-order valence-electron chi connectivity index (χ3n) is 4.56. The highest BCUT2D eigenvalue weighted by Crippen LogP contribution is 2.44. The summed E-state index contributed by atoms with van der Waals surface area (Å²) in [7, 11) is 0. The number of nitrogens with zero attached hydrogens (tertiary/aromatic N) is 1. The van der Waals surface area contributed by atoms with Crippen LogP contribution in [0.5, 0.6) is 0 Å². The number of halogens is 1. The molecule has 2 nitrogen and oxygen atoms in total. The molecule has 98 valence electrons. The Morgan fingerprint density at radius 1 is 1.33 bits per heavy atom. The molecule has 2 fully saturated rings. The fraction of sp³-hybridized carbons (Fsp3) is 0.600. The zero-order valence-corrected chi connectivity index (χ0v) is 11.0. The van der Waals surface area contributed by atoms with Gasteiger partial charge in [-0.1, -0.05) is 6.07 Å². The van der Waals surface area contributed by atoms with Crippen LogP contribution in [0.3, 0.4) is 0 Å². The number of fused-ring (bicyclic) bond motifs is 1. The first-order valence-electron chi connectivity index (χ1n) is 6.76. The second-order valence-electron chi connectivity index (χ2n) is 5.81. The summed E-state index contributed by atoms with van der Waals surface area (Å²) in [5.74, 6) is -0.247. The molecule has 0 spiro atoms. The molecule has 2 aliphatic rings. The Bertz CT molecular complexity index is 464. The molecule has 3 heteroatoms. The molecule has 0 saturated carbocycles. The van der Waals surface area contributed by atoms with Crippen molar-refractivity contribution in [1.29, 1.82) is 0 Å². The second kappa shape index (κ2) is 4.04. The van der Waals surface area contributed by atoms with Gasteiger partial charge in [0.1, 0.15) is 11.4 Å². The first-order chi connectivity index (χ1) is 8.52. The molecular formula is C15H20FNO. The van der Waals surface area contributed by atoms with E-state index in [4.69, 9.17) is 0 Å². The minimum Gasteiger partial charge on any atom is -0.383 e. The Balaban J connectivity index is 2.09. The molecule has 0 aliphatic carbocycles.